The molecule has 2 rings (SSSR count). The van der Waals surface area contributed by atoms with Crippen LogP contribution < -0.4 is 15.5 Å². The second kappa shape index (κ2) is 7.61. The van der Waals surface area contributed by atoms with E-state index in [-0.39, 0.29) is 18.5 Å². The van der Waals surface area contributed by atoms with Gasteiger partial charge in [-0.15, -0.1) is 6.58 Å². The highest BCUT2D eigenvalue weighted by Crippen LogP contribution is 2.30. The standard InChI is InChI=1S/C16H21N3O3/c1-3-8-17-16(21)18-13-7-6-12-5-4-9-19(14(12)10-13)15(20)11-22-2/h3,6-7,10H,1,4-5,8-9,11H2,2H3,(H2,17,18,21). The van der Waals surface area contributed by atoms with Crippen LogP contribution in [0.1, 0.15) is 12.0 Å². The van der Waals surface area contributed by atoms with Crippen molar-refractivity contribution in [2.24, 2.45) is 0 Å². The molecular formula is C16H21N3O3. The van der Waals surface area contributed by atoms with Crippen molar-refractivity contribution in [3.05, 3.63) is 36.4 Å². The Morgan fingerprint density at radius 1 is 1.45 bits per heavy atom. The SMILES string of the molecule is C=CCNC(=O)Nc1ccc2c(c1)N(C(=O)COC)CCC2. The van der Waals surface area contributed by atoms with E-state index in [1.165, 1.54) is 7.11 Å². The molecule has 0 unspecified atom stereocenters. The van der Waals surface area contributed by atoms with Gasteiger partial charge in [-0.3, -0.25) is 4.79 Å². The largest absolute Gasteiger partial charge is 0.375 e. The van der Waals surface area contributed by atoms with Crippen LogP contribution >= 0.6 is 0 Å². The molecule has 1 heterocycles. The second-order valence-electron chi connectivity index (χ2n) is 5.05. The van der Waals surface area contributed by atoms with Gasteiger partial charge in [0.15, 0.2) is 0 Å². The van der Waals surface area contributed by atoms with E-state index in [9.17, 15) is 9.59 Å². The Labute approximate surface area is 130 Å². The molecule has 0 saturated carbocycles. The van der Waals surface area contributed by atoms with E-state index < -0.39 is 0 Å². The minimum absolute atomic E-state index is 0.0525. The van der Waals surface area contributed by atoms with Crippen molar-refractivity contribution >= 4 is 23.3 Å². The maximum absolute atomic E-state index is 12.1. The number of carbonyl (C=O) groups excluding carboxylic acids is 2. The average molecular weight is 303 g/mol. The minimum Gasteiger partial charge on any atom is -0.375 e. The molecule has 0 aliphatic carbocycles. The van der Waals surface area contributed by atoms with Crippen LogP contribution in [0.15, 0.2) is 30.9 Å². The summed E-state index contributed by atoms with van der Waals surface area (Å²) in [6, 6.07) is 5.32. The highest BCUT2D eigenvalue weighted by atomic mass is 16.5. The fourth-order valence-electron chi connectivity index (χ4n) is 2.45. The second-order valence-corrected chi connectivity index (χ2v) is 5.05. The van der Waals surface area contributed by atoms with Crippen LogP contribution in [0, 0.1) is 0 Å². The molecule has 1 aromatic carbocycles. The number of nitrogens with zero attached hydrogens (tertiary/aromatic N) is 1. The Morgan fingerprint density at radius 3 is 3.00 bits per heavy atom. The van der Waals surface area contributed by atoms with Crippen molar-refractivity contribution < 1.29 is 14.3 Å². The number of fused-ring (bicyclic) bond motifs is 1. The van der Waals surface area contributed by atoms with Gasteiger partial charge in [-0.05, 0) is 30.5 Å². The molecular weight excluding hydrogens is 282 g/mol. The molecule has 0 fully saturated rings. The van der Waals surface area contributed by atoms with Gasteiger partial charge >= 0.3 is 6.03 Å². The molecule has 1 aliphatic rings. The highest BCUT2D eigenvalue weighted by molar-refractivity contribution is 5.97. The van der Waals surface area contributed by atoms with Crippen molar-refractivity contribution in [2.45, 2.75) is 12.8 Å². The first kappa shape index (κ1) is 16.0. The van der Waals surface area contributed by atoms with Crippen LogP contribution in [0.5, 0.6) is 0 Å². The number of hydrogen-bond donors (Lipinski definition) is 2. The summed E-state index contributed by atoms with van der Waals surface area (Å²) in [5.74, 6) is -0.0725. The molecule has 6 nitrogen and oxygen atoms in total. The summed E-state index contributed by atoms with van der Waals surface area (Å²) in [6.07, 6.45) is 3.46. The molecule has 6 heteroatoms. The number of ether oxygens (including phenoxy) is 1. The molecule has 2 N–H and O–H groups in total. The summed E-state index contributed by atoms with van der Waals surface area (Å²) in [7, 11) is 1.50. The van der Waals surface area contributed by atoms with Crippen LogP contribution in [0.25, 0.3) is 0 Å². The predicted octanol–water partition coefficient (Wildman–Crippen LogP) is 1.92. The number of aryl methyl sites for hydroxylation is 1. The first-order valence-electron chi connectivity index (χ1n) is 7.23. The van der Waals surface area contributed by atoms with E-state index in [4.69, 9.17) is 4.74 Å². The molecule has 0 atom stereocenters. The quantitative estimate of drug-likeness (QED) is 0.816. The Morgan fingerprint density at radius 2 is 2.27 bits per heavy atom. The Kier molecular flexibility index (Phi) is 5.55. The zero-order valence-corrected chi connectivity index (χ0v) is 12.7. The summed E-state index contributed by atoms with van der Waals surface area (Å²) in [6.45, 7) is 4.66. The lowest BCUT2D eigenvalue weighted by Gasteiger charge is -2.29. The molecule has 0 radical (unpaired) electrons. The van der Waals surface area contributed by atoms with E-state index >= 15 is 0 Å². The van der Waals surface area contributed by atoms with Crippen LogP contribution in [0.2, 0.25) is 0 Å². The van der Waals surface area contributed by atoms with E-state index in [1.807, 2.05) is 18.2 Å². The maximum atomic E-state index is 12.1. The lowest BCUT2D eigenvalue weighted by atomic mass is 10.0. The summed E-state index contributed by atoms with van der Waals surface area (Å²) in [5, 5.41) is 5.40. The fraction of sp³-hybridized carbons (Fsp3) is 0.375. The zero-order valence-electron chi connectivity index (χ0n) is 12.7. The Hall–Kier alpha value is -2.34. The zero-order chi connectivity index (χ0) is 15.9. The smallest absolute Gasteiger partial charge is 0.319 e. The van der Waals surface area contributed by atoms with Gasteiger partial charge in [-0.1, -0.05) is 12.1 Å². The lowest BCUT2D eigenvalue weighted by Crippen LogP contribution is -2.38. The van der Waals surface area contributed by atoms with E-state index in [2.05, 4.69) is 17.2 Å². The predicted molar refractivity (Wildman–Crippen MR) is 86.2 cm³/mol. The van der Waals surface area contributed by atoms with Gasteiger partial charge in [0.2, 0.25) is 0 Å². The molecule has 0 bridgehead atoms. The minimum atomic E-state index is -0.301. The van der Waals surface area contributed by atoms with E-state index in [0.29, 0.717) is 18.8 Å². The number of rotatable bonds is 5. The van der Waals surface area contributed by atoms with E-state index in [1.54, 1.807) is 11.0 Å². The van der Waals surface area contributed by atoms with Gasteiger partial charge in [-0.2, -0.15) is 0 Å². The van der Waals surface area contributed by atoms with Gasteiger partial charge in [0, 0.05) is 31.6 Å². The summed E-state index contributed by atoms with van der Waals surface area (Å²) in [5.41, 5.74) is 2.60. The number of anilines is 2. The number of carbonyl (C=O) groups is 2. The normalized spacial score (nSPS) is 13.2. The maximum Gasteiger partial charge on any atom is 0.319 e. The molecule has 0 spiro atoms. The number of methoxy groups -OCH3 is 1. The van der Waals surface area contributed by atoms with Crippen molar-refractivity contribution in [2.75, 3.05) is 37.0 Å². The fourth-order valence-corrected chi connectivity index (χ4v) is 2.45. The van der Waals surface area contributed by atoms with Gasteiger partial charge in [0.25, 0.3) is 5.91 Å². The van der Waals surface area contributed by atoms with Crippen molar-refractivity contribution in [1.82, 2.24) is 5.32 Å². The van der Waals surface area contributed by atoms with E-state index in [0.717, 1.165) is 24.1 Å². The summed E-state index contributed by atoms with van der Waals surface area (Å²) < 4.78 is 4.93. The Balaban J connectivity index is 2.16. The molecule has 0 saturated heterocycles. The monoisotopic (exact) mass is 303 g/mol. The Bertz CT molecular complexity index is 572. The van der Waals surface area contributed by atoms with Gasteiger partial charge in [-0.25, -0.2) is 4.79 Å². The number of nitrogens with one attached hydrogen (secondary N) is 2. The third-order valence-electron chi connectivity index (χ3n) is 3.44. The summed E-state index contributed by atoms with van der Waals surface area (Å²) in [4.78, 5) is 25.5. The topological polar surface area (TPSA) is 70.7 Å². The van der Waals surface area contributed by atoms with Crippen LogP contribution in [0.3, 0.4) is 0 Å². The first-order valence-corrected chi connectivity index (χ1v) is 7.23. The molecule has 3 amide bonds. The molecule has 118 valence electrons. The molecule has 0 aromatic heterocycles. The van der Waals surface area contributed by atoms with Crippen LogP contribution in [-0.2, 0) is 16.0 Å². The van der Waals surface area contributed by atoms with Crippen molar-refractivity contribution in [1.29, 1.82) is 0 Å². The third kappa shape index (κ3) is 3.85. The first-order chi connectivity index (χ1) is 10.7. The molecule has 1 aromatic rings. The number of hydrogen-bond acceptors (Lipinski definition) is 3. The number of amides is 3. The van der Waals surface area contributed by atoms with Crippen LogP contribution in [0.4, 0.5) is 16.2 Å². The van der Waals surface area contributed by atoms with Gasteiger partial charge in [0.05, 0.1) is 0 Å². The highest BCUT2D eigenvalue weighted by Gasteiger charge is 2.22. The lowest BCUT2D eigenvalue weighted by molar-refractivity contribution is -0.122. The van der Waals surface area contributed by atoms with Gasteiger partial charge in [0.1, 0.15) is 6.61 Å². The number of urea groups is 1. The third-order valence-corrected chi connectivity index (χ3v) is 3.44. The van der Waals surface area contributed by atoms with Gasteiger partial charge < -0.3 is 20.3 Å². The molecule has 22 heavy (non-hydrogen) atoms. The number of benzene rings is 1. The van der Waals surface area contributed by atoms with Crippen molar-refractivity contribution in [3.8, 4) is 0 Å². The van der Waals surface area contributed by atoms with Crippen LogP contribution in [-0.4, -0.2) is 38.7 Å². The van der Waals surface area contributed by atoms with Crippen molar-refractivity contribution in [3.63, 3.8) is 0 Å². The average Bonchev–Trinajstić information content (AvgIpc) is 2.52. The summed E-state index contributed by atoms with van der Waals surface area (Å²) >= 11 is 0. The molecule has 1 aliphatic heterocycles.